The largest absolute Gasteiger partial charge is 0.294 e. The van der Waals surface area contributed by atoms with E-state index in [1.807, 2.05) is 30.3 Å². The van der Waals surface area contributed by atoms with Crippen LogP contribution in [0.25, 0.3) is 0 Å². The molecule has 2 aromatic rings. The zero-order chi connectivity index (χ0) is 20.1. The normalized spacial score (nSPS) is 12.2. The molecule has 0 aliphatic heterocycles. The summed E-state index contributed by atoms with van der Waals surface area (Å²) in [6, 6.07) is 12.1. The highest BCUT2D eigenvalue weighted by molar-refractivity contribution is 5.98. The Labute approximate surface area is 165 Å². The second kappa shape index (κ2) is 8.82. The summed E-state index contributed by atoms with van der Waals surface area (Å²) in [5, 5.41) is 0. The van der Waals surface area contributed by atoms with Crippen molar-refractivity contribution in [3.8, 4) is 0 Å². The third-order valence-corrected chi connectivity index (χ3v) is 4.97. The Hall–Kier alpha value is -1.96. The summed E-state index contributed by atoms with van der Waals surface area (Å²) in [4.78, 5) is 17.4. The lowest BCUT2D eigenvalue weighted by Gasteiger charge is -2.26. The number of benzene rings is 1. The van der Waals surface area contributed by atoms with Crippen LogP contribution in [0.3, 0.4) is 0 Å². The van der Waals surface area contributed by atoms with Crippen LogP contribution in [0.5, 0.6) is 0 Å². The fourth-order valence-electron chi connectivity index (χ4n) is 3.54. The topological polar surface area (TPSA) is 30.0 Å². The molecule has 0 bridgehead atoms. The summed E-state index contributed by atoms with van der Waals surface area (Å²) in [5.74, 6) is 0.234. The smallest absolute Gasteiger partial charge is 0.163 e. The molecule has 0 amide bonds. The molecule has 2 heteroatoms. The Kier molecular flexibility index (Phi) is 6.97. The molecule has 0 atom stereocenters. The molecular formula is C25H35NO. The van der Waals surface area contributed by atoms with E-state index in [2.05, 4.69) is 52.6 Å². The predicted molar refractivity (Wildman–Crippen MR) is 114 cm³/mol. The van der Waals surface area contributed by atoms with E-state index in [1.54, 1.807) is 6.20 Å². The maximum absolute atomic E-state index is 13.1. The molecule has 0 N–H and O–H groups in total. The molecule has 0 saturated heterocycles. The van der Waals surface area contributed by atoms with Gasteiger partial charge in [-0.3, -0.25) is 9.78 Å². The molecule has 1 aromatic carbocycles. The number of nitrogens with zero attached hydrogens (tertiary/aromatic N) is 1. The second-order valence-corrected chi connectivity index (χ2v) is 9.74. The molecule has 1 heterocycles. The maximum atomic E-state index is 13.1. The first-order valence-electron chi connectivity index (χ1n) is 10.1. The van der Waals surface area contributed by atoms with Crippen LogP contribution in [0.4, 0.5) is 0 Å². The van der Waals surface area contributed by atoms with Gasteiger partial charge in [-0.2, -0.15) is 0 Å². The van der Waals surface area contributed by atoms with Crippen LogP contribution in [-0.4, -0.2) is 10.8 Å². The average Bonchev–Trinajstić information content (AvgIpc) is 2.58. The Balaban J connectivity index is 2.24. The monoisotopic (exact) mass is 365 g/mol. The Morgan fingerprint density at radius 3 is 2.26 bits per heavy atom. The first kappa shape index (κ1) is 21.3. The summed E-state index contributed by atoms with van der Waals surface area (Å²) in [7, 11) is 0. The first-order chi connectivity index (χ1) is 12.6. The minimum atomic E-state index is 0.0361. The number of aromatic nitrogens is 1. The van der Waals surface area contributed by atoms with Gasteiger partial charge in [-0.25, -0.2) is 0 Å². The van der Waals surface area contributed by atoms with Crippen LogP contribution in [0.1, 0.15) is 88.0 Å². The van der Waals surface area contributed by atoms with E-state index in [1.165, 1.54) is 11.1 Å². The molecule has 0 radical (unpaired) electrons. The minimum absolute atomic E-state index is 0.0361. The third kappa shape index (κ3) is 6.61. The fourth-order valence-corrected chi connectivity index (χ4v) is 3.54. The number of carbonyl (C=O) groups excluding carboxylic acids is 1. The van der Waals surface area contributed by atoms with Gasteiger partial charge in [0.25, 0.3) is 0 Å². The van der Waals surface area contributed by atoms with Gasteiger partial charge >= 0.3 is 0 Å². The molecule has 0 saturated carbocycles. The van der Waals surface area contributed by atoms with Gasteiger partial charge in [-0.1, -0.05) is 65.8 Å². The lowest BCUT2D eigenvalue weighted by Crippen LogP contribution is -2.18. The van der Waals surface area contributed by atoms with E-state index in [9.17, 15) is 4.79 Å². The second-order valence-electron chi connectivity index (χ2n) is 9.74. The minimum Gasteiger partial charge on any atom is -0.294 e. The van der Waals surface area contributed by atoms with Crippen molar-refractivity contribution in [3.63, 3.8) is 0 Å². The summed E-state index contributed by atoms with van der Waals surface area (Å²) in [5.41, 5.74) is 4.80. The fraction of sp³-hybridized carbons (Fsp3) is 0.520. The van der Waals surface area contributed by atoms with Crippen LogP contribution in [0.2, 0.25) is 0 Å². The van der Waals surface area contributed by atoms with Crippen molar-refractivity contribution >= 4 is 5.78 Å². The summed E-state index contributed by atoms with van der Waals surface area (Å²) < 4.78 is 0. The predicted octanol–water partition coefficient (Wildman–Crippen LogP) is 6.56. The number of rotatable bonds is 7. The van der Waals surface area contributed by atoms with Crippen molar-refractivity contribution < 1.29 is 4.79 Å². The quantitative estimate of drug-likeness (QED) is 0.520. The van der Waals surface area contributed by atoms with Gasteiger partial charge in [0.1, 0.15) is 0 Å². The van der Waals surface area contributed by atoms with Crippen molar-refractivity contribution in [1.82, 2.24) is 4.98 Å². The van der Waals surface area contributed by atoms with Crippen molar-refractivity contribution in [1.29, 1.82) is 0 Å². The van der Waals surface area contributed by atoms with E-state index in [4.69, 9.17) is 0 Å². The van der Waals surface area contributed by atoms with Gasteiger partial charge in [-0.05, 0) is 59.8 Å². The Morgan fingerprint density at radius 1 is 0.926 bits per heavy atom. The van der Waals surface area contributed by atoms with Crippen molar-refractivity contribution in [2.45, 2.75) is 79.1 Å². The van der Waals surface area contributed by atoms with Crippen molar-refractivity contribution in [2.75, 3.05) is 0 Å². The van der Waals surface area contributed by atoms with E-state index in [0.717, 1.165) is 30.5 Å². The molecule has 0 fully saturated rings. The lowest BCUT2D eigenvalue weighted by molar-refractivity contribution is 0.0981. The molecule has 2 rings (SSSR count). The molecule has 146 valence electrons. The molecule has 0 aliphatic carbocycles. The number of Topliss-reactive ketones (excluding diaryl/α,β-unsaturated/α-hetero) is 1. The summed E-state index contributed by atoms with van der Waals surface area (Å²) in [6.45, 7) is 13.5. The van der Waals surface area contributed by atoms with Gasteiger partial charge < -0.3 is 0 Å². The van der Waals surface area contributed by atoms with Crippen LogP contribution in [-0.2, 0) is 18.3 Å². The zero-order valence-electron chi connectivity index (χ0n) is 17.9. The van der Waals surface area contributed by atoms with Gasteiger partial charge in [0.2, 0.25) is 0 Å². The molecule has 0 aliphatic rings. The number of hydrogen-bond donors (Lipinski definition) is 0. The highest BCUT2D eigenvalue weighted by Crippen LogP contribution is 2.31. The molecule has 2 nitrogen and oxygen atoms in total. The molecule has 0 unspecified atom stereocenters. The van der Waals surface area contributed by atoms with E-state index >= 15 is 0 Å². The van der Waals surface area contributed by atoms with E-state index < -0.39 is 0 Å². The van der Waals surface area contributed by atoms with Crippen LogP contribution in [0, 0.1) is 5.41 Å². The first-order valence-corrected chi connectivity index (χ1v) is 10.1. The Morgan fingerprint density at radius 2 is 1.67 bits per heavy atom. The van der Waals surface area contributed by atoms with Crippen LogP contribution in [0.15, 0.2) is 42.6 Å². The zero-order valence-corrected chi connectivity index (χ0v) is 17.9. The SMILES string of the molecule is CC(C)(C)CCCc1c(C(=O)CCc2ccccn2)cccc1C(C)(C)C. The van der Waals surface area contributed by atoms with Gasteiger partial charge in [0.05, 0.1) is 0 Å². The summed E-state index contributed by atoms with van der Waals surface area (Å²) in [6.07, 6.45) is 6.23. The van der Waals surface area contributed by atoms with Gasteiger partial charge in [0, 0.05) is 23.9 Å². The van der Waals surface area contributed by atoms with Crippen LogP contribution < -0.4 is 0 Å². The molecule has 0 spiro atoms. The summed E-state index contributed by atoms with van der Waals surface area (Å²) >= 11 is 0. The van der Waals surface area contributed by atoms with Crippen molar-refractivity contribution in [3.05, 3.63) is 65.0 Å². The molecular weight excluding hydrogens is 330 g/mol. The van der Waals surface area contributed by atoms with Gasteiger partial charge in [-0.15, -0.1) is 0 Å². The number of carbonyl (C=O) groups is 1. The highest BCUT2D eigenvalue weighted by atomic mass is 16.1. The van der Waals surface area contributed by atoms with E-state index in [0.29, 0.717) is 18.3 Å². The van der Waals surface area contributed by atoms with Gasteiger partial charge in [0.15, 0.2) is 5.78 Å². The number of hydrogen-bond acceptors (Lipinski definition) is 2. The highest BCUT2D eigenvalue weighted by Gasteiger charge is 2.23. The maximum Gasteiger partial charge on any atom is 0.163 e. The number of ketones is 1. The standard InChI is InChI=1S/C25H35NO/c1-24(2,3)17-10-13-20-21(12-9-14-22(20)25(4,5)6)23(27)16-15-19-11-7-8-18-26-19/h7-9,11-12,14,18H,10,13,15-17H2,1-6H3. The number of aryl methyl sites for hydroxylation is 1. The molecule has 27 heavy (non-hydrogen) atoms. The van der Waals surface area contributed by atoms with E-state index in [-0.39, 0.29) is 11.2 Å². The lowest BCUT2D eigenvalue weighted by atomic mass is 9.79. The third-order valence-electron chi connectivity index (χ3n) is 4.97. The van der Waals surface area contributed by atoms with Crippen LogP contribution >= 0.6 is 0 Å². The number of pyridine rings is 1. The Bertz CT molecular complexity index is 748. The average molecular weight is 366 g/mol. The van der Waals surface area contributed by atoms with Crippen molar-refractivity contribution in [2.24, 2.45) is 5.41 Å². The molecule has 1 aromatic heterocycles.